The van der Waals surface area contributed by atoms with Crippen LogP contribution < -0.4 is 10.9 Å². The number of fused-ring (bicyclic) bond motifs is 1. The Kier molecular flexibility index (Phi) is 4.97. The Hall–Kier alpha value is -2.08. The Balaban J connectivity index is 1.81. The van der Waals surface area contributed by atoms with Gasteiger partial charge in [0.05, 0.1) is 11.6 Å². The maximum absolute atomic E-state index is 12.7. The second kappa shape index (κ2) is 6.91. The Labute approximate surface area is 158 Å². The van der Waals surface area contributed by atoms with E-state index in [0.717, 1.165) is 22.5 Å². The van der Waals surface area contributed by atoms with Crippen molar-refractivity contribution in [3.8, 4) is 0 Å². The predicted molar refractivity (Wildman–Crippen MR) is 106 cm³/mol. The average Bonchev–Trinajstić information content (AvgIpc) is 2.57. The second-order valence-electron chi connectivity index (χ2n) is 7.94. The topological polar surface area (TPSA) is 64.0 Å². The quantitative estimate of drug-likeness (QED) is 0.821. The van der Waals surface area contributed by atoms with Gasteiger partial charge in [0.2, 0.25) is 5.91 Å². The molecular formula is C20H25N3O2S. The second-order valence-corrected chi connectivity index (χ2v) is 8.93. The van der Waals surface area contributed by atoms with Crippen LogP contribution in [0.25, 0.3) is 0 Å². The third kappa shape index (κ3) is 3.85. The van der Waals surface area contributed by atoms with Crippen LogP contribution in [0.5, 0.6) is 0 Å². The molecule has 2 aromatic rings. The van der Waals surface area contributed by atoms with Crippen molar-refractivity contribution in [3.63, 3.8) is 0 Å². The molecule has 1 amide bonds. The molecule has 1 atom stereocenters. The molecule has 1 aromatic heterocycles. The summed E-state index contributed by atoms with van der Waals surface area (Å²) in [6, 6.07) is 7.59. The number of anilines is 1. The van der Waals surface area contributed by atoms with Gasteiger partial charge < -0.3 is 5.32 Å². The maximum atomic E-state index is 12.7. The summed E-state index contributed by atoms with van der Waals surface area (Å²) in [7, 11) is 0. The number of nitrogens with zero attached hydrogens (tertiary/aromatic N) is 2. The SMILES string of the molecule is Cc1ccc(C)c(NC(=O)C2CSc3nc(C(C)(C)C)cc(=O)n3C2)c1. The number of thioether (sulfide) groups is 1. The van der Waals surface area contributed by atoms with E-state index in [-0.39, 0.29) is 22.8 Å². The van der Waals surface area contributed by atoms with Crippen LogP contribution >= 0.6 is 11.8 Å². The number of carbonyl (C=O) groups excluding carboxylic acids is 1. The van der Waals surface area contributed by atoms with Crippen molar-refractivity contribution in [3.05, 3.63) is 51.4 Å². The Morgan fingerprint density at radius 3 is 2.69 bits per heavy atom. The van der Waals surface area contributed by atoms with Crippen LogP contribution in [0.4, 0.5) is 5.69 Å². The maximum Gasteiger partial charge on any atom is 0.254 e. The van der Waals surface area contributed by atoms with Gasteiger partial charge in [0, 0.05) is 29.5 Å². The van der Waals surface area contributed by atoms with Gasteiger partial charge in [0.1, 0.15) is 0 Å². The lowest BCUT2D eigenvalue weighted by molar-refractivity contribution is -0.119. The van der Waals surface area contributed by atoms with Crippen LogP contribution in [0, 0.1) is 19.8 Å². The summed E-state index contributed by atoms with van der Waals surface area (Å²) in [6.07, 6.45) is 0. The van der Waals surface area contributed by atoms with Crippen LogP contribution in [0.15, 0.2) is 34.2 Å². The smallest absolute Gasteiger partial charge is 0.254 e. The molecule has 0 fully saturated rings. The molecule has 0 saturated heterocycles. The fourth-order valence-corrected chi connectivity index (χ4v) is 3.95. The van der Waals surface area contributed by atoms with Crippen LogP contribution in [0.1, 0.15) is 37.6 Å². The molecule has 0 spiro atoms. The number of aryl methyl sites for hydroxylation is 2. The van der Waals surface area contributed by atoms with E-state index >= 15 is 0 Å². The van der Waals surface area contributed by atoms with Gasteiger partial charge >= 0.3 is 0 Å². The van der Waals surface area contributed by atoms with Gasteiger partial charge in [-0.25, -0.2) is 4.98 Å². The number of hydrogen-bond donors (Lipinski definition) is 1. The van der Waals surface area contributed by atoms with Gasteiger partial charge in [-0.15, -0.1) is 0 Å². The van der Waals surface area contributed by atoms with E-state index in [1.54, 1.807) is 10.6 Å². The number of hydrogen-bond acceptors (Lipinski definition) is 4. The molecule has 1 aromatic carbocycles. The molecule has 0 radical (unpaired) electrons. The van der Waals surface area contributed by atoms with Crippen LogP contribution in [0.3, 0.4) is 0 Å². The van der Waals surface area contributed by atoms with Crippen molar-refractivity contribution < 1.29 is 4.79 Å². The molecule has 6 heteroatoms. The van der Waals surface area contributed by atoms with Crippen LogP contribution in [-0.2, 0) is 16.8 Å². The van der Waals surface area contributed by atoms with E-state index in [9.17, 15) is 9.59 Å². The molecular weight excluding hydrogens is 346 g/mol. The zero-order valence-electron chi connectivity index (χ0n) is 15.9. The molecule has 1 unspecified atom stereocenters. The summed E-state index contributed by atoms with van der Waals surface area (Å²) in [6.45, 7) is 10.5. The average molecular weight is 372 g/mol. The number of rotatable bonds is 2. The van der Waals surface area contributed by atoms with Crippen molar-refractivity contribution in [2.24, 2.45) is 5.92 Å². The first-order valence-corrected chi connectivity index (χ1v) is 9.77. The largest absolute Gasteiger partial charge is 0.326 e. The van der Waals surface area contributed by atoms with Crippen molar-refractivity contribution in [1.29, 1.82) is 0 Å². The zero-order chi connectivity index (χ0) is 19.1. The fraction of sp³-hybridized carbons (Fsp3) is 0.450. The molecule has 0 saturated carbocycles. The van der Waals surface area contributed by atoms with Gasteiger partial charge in [-0.05, 0) is 31.0 Å². The third-order valence-corrected chi connectivity index (χ3v) is 5.72. The molecule has 1 N–H and O–H groups in total. The summed E-state index contributed by atoms with van der Waals surface area (Å²) >= 11 is 1.48. The van der Waals surface area contributed by atoms with Gasteiger partial charge in [-0.1, -0.05) is 44.7 Å². The minimum atomic E-state index is -0.257. The van der Waals surface area contributed by atoms with Crippen LogP contribution in [0.2, 0.25) is 0 Å². The van der Waals surface area contributed by atoms with E-state index < -0.39 is 0 Å². The van der Waals surface area contributed by atoms with Gasteiger partial charge in [-0.2, -0.15) is 0 Å². The minimum absolute atomic E-state index is 0.0522. The highest BCUT2D eigenvalue weighted by Gasteiger charge is 2.28. The molecule has 26 heavy (non-hydrogen) atoms. The Bertz CT molecular complexity index is 912. The highest BCUT2D eigenvalue weighted by molar-refractivity contribution is 7.99. The van der Waals surface area contributed by atoms with Crippen molar-refractivity contribution >= 4 is 23.4 Å². The summed E-state index contributed by atoms with van der Waals surface area (Å²) in [5.41, 5.74) is 3.49. The normalized spacial score (nSPS) is 16.9. The molecule has 1 aliphatic heterocycles. The standard InChI is InChI=1S/C20H25N3O2S/c1-12-6-7-13(2)15(8-12)21-18(25)14-10-23-17(24)9-16(20(3,4)5)22-19(23)26-11-14/h6-9,14H,10-11H2,1-5H3,(H,21,25). The number of aromatic nitrogens is 2. The molecule has 0 aliphatic carbocycles. The Morgan fingerprint density at radius 2 is 2.00 bits per heavy atom. The minimum Gasteiger partial charge on any atom is -0.326 e. The monoisotopic (exact) mass is 371 g/mol. The zero-order valence-corrected chi connectivity index (χ0v) is 16.7. The fourth-order valence-electron chi connectivity index (χ4n) is 2.86. The van der Waals surface area contributed by atoms with E-state index in [0.29, 0.717) is 17.5 Å². The number of nitrogens with one attached hydrogen (secondary N) is 1. The highest BCUT2D eigenvalue weighted by atomic mass is 32.2. The highest BCUT2D eigenvalue weighted by Crippen LogP contribution is 2.29. The number of carbonyl (C=O) groups is 1. The molecule has 5 nitrogen and oxygen atoms in total. The third-order valence-electron chi connectivity index (χ3n) is 4.58. The van der Waals surface area contributed by atoms with Gasteiger partial charge in [0.25, 0.3) is 5.56 Å². The first kappa shape index (κ1) is 18.7. The first-order valence-electron chi connectivity index (χ1n) is 8.78. The summed E-state index contributed by atoms with van der Waals surface area (Å²) in [4.78, 5) is 29.9. The lowest BCUT2D eigenvalue weighted by atomic mass is 9.92. The van der Waals surface area contributed by atoms with Crippen LogP contribution in [-0.4, -0.2) is 21.2 Å². The molecule has 0 bridgehead atoms. The van der Waals surface area contributed by atoms with Gasteiger partial charge in [0.15, 0.2) is 5.16 Å². The first-order chi connectivity index (χ1) is 12.1. The van der Waals surface area contributed by atoms with E-state index in [2.05, 4.69) is 10.3 Å². The van der Waals surface area contributed by atoms with Crippen molar-refractivity contribution in [2.45, 2.75) is 51.7 Å². The van der Waals surface area contributed by atoms with E-state index in [1.165, 1.54) is 11.8 Å². The molecule has 2 heterocycles. The van der Waals surface area contributed by atoms with E-state index in [1.807, 2.05) is 52.8 Å². The molecule has 1 aliphatic rings. The van der Waals surface area contributed by atoms with E-state index in [4.69, 9.17) is 0 Å². The lowest BCUT2D eigenvalue weighted by Gasteiger charge is -2.26. The number of benzene rings is 1. The summed E-state index contributed by atoms with van der Waals surface area (Å²) < 4.78 is 1.62. The Morgan fingerprint density at radius 1 is 1.27 bits per heavy atom. The molecule has 138 valence electrons. The molecule has 3 rings (SSSR count). The van der Waals surface area contributed by atoms with Gasteiger partial charge in [-0.3, -0.25) is 14.2 Å². The van der Waals surface area contributed by atoms with Crippen molar-refractivity contribution in [1.82, 2.24) is 9.55 Å². The summed E-state index contributed by atoms with van der Waals surface area (Å²) in [5, 5.41) is 3.73. The lowest BCUT2D eigenvalue weighted by Crippen LogP contribution is -2.37. The number of amides is 1. The predicted octanol–water partition coefficient (Wildman–Crippen LogP) is 3.52. The summed E-state index contributed by atoms with van der Waals surface area (Å²) in [5.74, 6) is 0.313. The van der Waals surface area contributed by atoms with Crippen molar-refractivity contribution in [2.75, 3.05) is 11.1 Å².